The Bertz CT molecular complexity index is 3010. The Labute approximate surface area is 361 Å². The van der Waals surface area contributed by atoms with Gasteiger partial charge in [-0.1, -0.05) is 194 Å². The number of nitrogens with zero attached hydrogens (tertiary/aromatic N) is 4. The van der Waals surface area contributed by atoms with Crippen molar-refractivity contribution in [3.63, 3.8) is 0 Å². The molecule has 2 N–H and O–H groups in total. The fourth-order valence-electron chi connectivity index (χ4n) is 7.51. The molecule has 9 aromatic rings. The molecule has 0 bridgehead atoms. The van der Waals surface area contributed by atoms with E-state index >= 15 is 0 Å². The first-order valence-corrected chi connectivity index (χ1v) is 20.5. The lowest BCUT2D eigenvalue weighted by Gasteiger charge is -2.16. The highest BCUT2D eigenvalue weighted by Gasteiger charge is 2.17. The van der Waals surface area contributed by atoms with Crippen LogP contribution in [-0.4, -0.2) is 21.6 Å². The van der Waals surface area contributed by atoms with E-state index < -0.39 is 0 Å². The van der Waals surface area contributed by atoms with Crippen LogP contribution in [-0.2, 0) is 6.54 Å². The summed E-state index contributed by atoms with van der Waals surface area (Å²) in [4.78, 5) is 15.1. The van der Waals surface area contributed by atoms with Gasteiger partial charge in [-0.05, 0) is 63.2 Å². The maximum atomic E-state index is 9.83. The first-order chi connectivity index (χ1) is 30.6. The minimum absolute atomic E-state index is 0.147. The Morgan fingerprint density at radius 1 is 0.468 bits per heavy atom. The Balaban J connectivity index is 1.08. The summed E-state index contributed by atoms with van der Waals surface area (Å²) in [6, 6.07) is 75.4. The van der Waals surface area contributed by atoms with Gasteiger partial charge in [0, 0.05) is 34.4 Å². The Kier molecular flexibility index (Phi) is 11.4. The van der Waals surface area contributed by atoms with E-state index in [2.05, 4.69) is 96.3 Å². The molecule has 0 aliphatic heterocycles. The molecular weight excluding hydrogens is 757 g/mol. The van der Waals surface area contributed by atoms with E-state index in [1.54, 1.807) is 0 Å². The highest BCUT2D eigenvalue weighted by molar-refractivity contribution is 6.10. The van der Waals surface area contributed by atoms with Crippen molar-refractivity contribution in [3.05, 3.63) is 241 Å². The summed E-state index contributed by atoms with van der Waals surface area (Å²) in [5.41, 5.74) is 13.9. The second kappa shape index (κ2) is 18.2. The second-order valence-corrected chi connectivity index (χ2v) is 14.8. The number of hydrogen-bond donors (Lipinski definition) is 2. The third-order valence-corrected chi connectivity index (χ3v) is 10.7. The zero-order chi connectivity index (χ0) is 42.1. The Hall–Kier alpha value is -8.53. The molecular formula is C56H40N6. The van der Waals surface area contributed by atoms with E-state index in [4.69, 9.17) is 20.4 Å². The number of rotatable bonds is 10. The van der Waals surface area contributed by atoms with Crippen LogP contribution in [0, 0.1) is 16.7 Å². The predicted molar refractivity (Wildman–Crippen MR) is 252 cm³/mol. The molecule has 0 amide bonds. The molecule has 62 heavy (non-hydrogen) atoms. The normalized spacial score (nSPS) is 11.1. The van der Waals surface area contributed by atoms with Crippen molar-refractivity contribution in [1.29, 1.82) is 10.7 Å². The van der Waals surface area contributed by atoms with Gasteiger partial charge >= 0.3 is 0 Å². The molecule has 0 saturated heterocycles. The van der Waals surface area contributed by atoms with Crippen LogP contribution in [0.25, 0.3) is 67.3 Å². The number of benzene rings is 8. The van der Waals surface area contributed by atoms with Gasteiger partial charge in [-0.3, -0.25) is 5.41 Å². The maximum Gasteiger partial charge on any atom is 0.160 e. The summed E-state index contributed by atoms with van der Waals surface area (Å²) in [6.07, 6.45) is 0. The summed E-state index contributed by atoms with van der Waals surface area (Å²) in [5.74, 6) is 1.37. The van der Waals surface area contributed by atoms with E-state index in [-0.39, 0.29) is 5.84 Å². The molecule has 8 aromatic carbocycles. The molecule has 294 valence electrons. The maximum absolute atomic E-state index is 9.83. The molecule has 0 aliphatic carbocycles. The summed E-state index contributed by atoms with van der Waals surface area (Å²) in [5, 5.41) is 22.3. The average molecular weight is 797 g/mol. The molecule has 0 saturated carbocycles. The standard InChI is InChI=1S/C56H40N6/c57-37-48-24-13-14-27-49(48)46-25-15-26-47(34-46)55(62-54(58)43-20-9-3-10-21-43)59-38-39-28-30-41(31-29-39)50-33-32-45(40-16-5-1-6-17-40)35-51(50)53-36-52(42-18-7-2-8-19-42)60-56(61-53)44-22-11-4-12-23-44/h1-36H,38H2,(H2,58,59,62). The van der Waals surface area contributed by atoms with Gasteiger partial charge in [-0.25, -0.2) is 15.0 Å². The molecule has 0 spiro atoms. The molecule has 0 radical (unpaired) electrons. The molecule has 0 unspecified atom stereocenters. The van der Waals surface area contributed by atoms with Gasteiger partial charge in [0.1, 0.15) is 5.84 Å². The lowest BCUT2D eigenvalue weighted by molar-refractivity contribution is 0.915. The molecule has 0 atom stereocenters. The van der Waals surface area contributed by atoms with Gasteiger partial charge in [0.05, 0.1) is 23.0 Å². The van der Waals surface area contributed by atoms with Gasteiger partial charge < -0.3 is 5.32 Å². The summed E-state index contributed by atoms with van der Waals surface area (Å²) >= 11 is 0. The van der Waals surface area contributed by atoms with Crippen molar-refractivity contribution in [2.75, 3.05) is 0 Å². The third kappa shape index (κ3) is 8.74. The van der Waals surface area contributed by atoms with Crippen LogP contribution in [0.4, 0.5) is 0 Å². The zero-order valence-corrected chi connectivity index (χ0v) is 33.8. The van der Waals surface area contributed by atoms with Crippen molar-refractivity contribution < 1.29 is 0 Å². The molecule has 9 rings (SSSR count). The van der Waals surface area contributed by atoms with E-state index in [9.17, 15) is 5.26 Å². The number of aromatic nitrogens is 2. The van der Waals surface area contributed by atoms with Crippen LogP contribution in [0.5, 0.6) is 0 Å². The van der Waals surface area contributed by atoms with Crippen LogP contribution in [0.1, 0.15) is 22.3 Å². The summed E-state index contributed by atoms with van der Waals surface area (Å²) in [6.45, 7) is 0.465. The summed E-state index contributed by atoms with van der Waals surface area (Å²) in [7, 11) is 0. The zero-order valence-electron chi connectivity index (χ0n) is 33.8. The van der Waals surface area contributed by atoms with Gasteiger partial charge in [-0.15, -0.1) is 0 Å². The topological polar surface area (TPSA) is 97.8 Å². The van der Waals surface area contributed by atoms with Crippen molar-refractivity contribution in [2.45, 2.75) is 6.54 Å². The lowest BCUT2D eigenvalue weighted by Crippen LogP contribution is -2.25. The highest BCUT2D eigenvalue weighted by atomic mass is 15.0. The van der Waals surface area contributed by atoms with E-state index in [0.717, 1.165) is 72.6 Å². The summed E-state index contributed by atoms with van der Waals surface area (Å²) < 4.78 is 0. The van der Waals surface area contributed by atoms with Crippen molar-refractivity contribution in [3.8, 4) is 73.4 Å². The fraction of sp³-hybridized carbons (Fsp3) is 0.0179. The van der Waals surface area contributed by atoms with E-state index in [0.29, 0.717) is 29.3 Å². The smallest absolute Gasteiger partial charge is 0.160 e. The van der Waals surface area contributed by atoms with Crippen molar-refractivity contribution in [2.24, 2.45) is 4.99 Å². The van der Waals surface area contributed by atoms with Gasteiger partial charge in [0.25, 0.3) is 0 Å². The number of amidine groups is 2. The third-order valence-electron chi connectivity index (χ3n) is 10.7. The fourth-order valence-corrected chi connectivity index (χ4v) is 7.51. The Morgan fingerprint density at radius 2 is 1.05 bits per heavy atom. The first-order valence-electron chi connectivity index (χ1n) is 20.5. The molecule has 6 nitrogen and oxygen atoms in total. The minimum Gasteiger partial charge on any atom is -0.365 e. The highest BCUT2D eigenvalue weighted by Crippen LogP contribution is 2.37. The molecule has 6 heteroatoms. The second-order valence-electron chi connectivity index (χ2n) is 14.8. The van der Waals surface area contributed by atoms with Gasteiger partial charge in [0.2, 0.25) is 0 Å². The van der Waals surface area contributed by atoms with Crippen LogP contribution < -0.4 is 5.32 Å². The molecule has 0 aliphatic rings. The number of aliphatic imine (C=N–C) groups is 1. The first kappa shape index (κ1) is 39.0. The van der Waals surface area contributed by atoms with Gasteiger partial charge in [0.15, 0.2) is 11.7 Å². The van der Waals surface area contributed by atoms with Gasteiger partial charge in [-0.2, -0.15) is 5.26 Å². The van der Waals surface area contributed by atoms with Crippen molar-refractivity contribution in [1.82, 2.24) is 15.3 Å². The number of hydrogen-bond acceptors (Lipinski definition) is 4. The van der Waals surface area contributed by atoms with Crippen LogP contribution in [0.3, 0.4) is 0 Å². The van der Waals surface area contributed by atoms with Crippen LogP contribution in [0.2, 0.25) is 0 Å². The quantitative estimate of drug-likeness (QED) is 0.106. The van der Waals surface area contributed by atoms with Crippen LogP contribution >= 0.6 is 0 Å². The molecule has 0 fully saturated rings. The van der Waals surface area contributed by atoms with Crippen LogP contribution in [0.15, 0.2) is 223 Å². The molecule has 1 aromatic heterocycles. The minimum atomic E-state index is 0.147. The SMILES string of the molecule is N#Cc1ccccc1-c1cccc(/C(=N/C(=N)c2ccccc2)NCc2ccc(-c3ccc(-c4ccccc4)cc3-c3cc(-c4ccccc4)nc(-c4ccccc4)n3)cc2)c1. The lowest BCUT2D eigenvalue weighted by atomic mass is 9.92. The molecule has 1 heterocycles. The number of nitrogens with one attached hydrogen (secondary N) is 2. The van der Waals surface area contributed by atoms with E-state index in [1.807, 2.05) is 133 Å². The van der Waals surface area contributed by atoms with E-state index in [1.165, 1.54) is 0 Å². The average Bonchev–Trinajstić information content (AvgIpc) is 3.36. The van der Waals surface area contributed by atoms with Crippen molar-refractivity contribution >= 4 is 11.7 Å². The Morgan fingerprint density at radius 3 is 1.76 bits per heavy atom. The largest absolute Gasteiger partial charge is 0.365 e. The number of nitriles is 1. The monoisotopic (exact) mass is 796 g/mol. The predicted octanol–water partition coefficient (Wildman–Crippen LogP) is 12.9.